The predicted octanol–water partition coefficient (Wildman–Crippen LogP) is 2.75. The summed E-state index contributed by atoms with van der Waals surface area (Å²) in [6, 6.07) is 4.31. The summed E-state index contributed by atoms with van der Waals surface area (Å²) in [6.45, 7) is 1.68. The number of carbonyl (C=O) groups excluding carboxylic acids is 1. The first-order valence-corrected chi connectivity index (χ1v) is 4.96. The van der Waals surface area contributed by atoms with Crippen molar-refractivity contribution in [2.24, 2.45) is 0 Å². The van der Waals surface area contributed by atoms with Crippen molar-refractivity contribution in [1.82, 2.24) is 0 Å². The third-order valence-corrected chi connectivity index (χ3v) is 2.38. The largest absolute Gasteiger partial charge is 0.324 e. The van der Waals surface area contributed by atoms with Gasteiger partial charge in [-0.15, -0.1) is 0 Å². The first-order chi connectivity index (χ1) is 7.04. The van der Waals surface area contributed by atoms with Crippen LogP contribution in [0.5, 0.6) is 0 Å². The molecular formula is C10H8BrFN2O. The molecule has 0 aliphatic carbocycles. The van der Waals surface area contributed by atoms with Crippen LogP contribution in [0.25, 0.3) is 0 Å². The van der Waals surface area contributed by atoms with E-state index in [9.17, 15) is 9.18 Å². The Morgan fingerprint density at radius 2 is 2.33 bits per heavy atom. The molecule has 1 amide bonds. The number of carbonyl (C=O) groups is 1. The zero-order valence-corrected chi connectivity index (χ0v) is 9.56. The van der Waals surface area contributed by atoms with Crippen molar-refractivity contribution in [3.05, 3.63) is 28.0 Å². The summed E-state index contributed by atoms with van der Waals surface area (Å²) >= 11 is 3.14. The van der Waals surface area contributed by atoms with Crippen LogP contribution in [-0.2, 0) is 4.79 Å². The smallest absolute Gasteiger partial charge is 0.238 e. The Morgan fingerprint density at radius 1 is 1.67 bits per heavy atom. The number of hydrogen-bond acceptors (Lipinski definition) is 2. The van der Waals surface area contributed by atoms with Crippen LogP contribution in [0.2, 0.25) is 0 Å². The Kier molecular flexibility index (Phi) is 3.81. The number of rotatable bonds is 2. The van der Waals surface area contributed by atoms with Gasteiger partial charge in [0.05, 0.1) is 11.8 Å². The molecule has 5 heteroatoms. The maximum absolute atomic E-state index is 12.9. The molecule has 15 heavy (non-hydrogen) atoms. The summed E-state index contributed by atoms with van der Waals surface area (Å²) in [4.78, 5) is 11.2. The fourth-order valence-electron chi connectivity index (χ4n) is 1.12. The lowest BCUT2D eigenvalue weighted by Gasteiger charge is -2.09. The van der Waals surface area contributed by atoms with Gasteiger partial charge in [-0.3, -0.25) is 4.79 Å². The first-order valence-electron chi connectivity index (χ1n) is 4.17. The van der Waals surface area contributed by atoms with Crippen molar-refractivity contribution in [3.8, 4) is 6.07 Å². The number of halogens is 2. The molecule has 0 aromatic heterocycles. The van der Waals surface area contributed by atoms with Crippen molar-refractivity contribution >= 4 is 27.5 Å². The number of nitriles is 1. The Hall–Kier alpha value is -1.41. The molecule has 0 aliphatic heterocycles. The van der Waals surface area contributed by atoms with Gasteiger partial charge in [-0.25, -0.2) is 4.39 Å². The highest BCUT2D eigenvalue weighted by molar-refractivity contribution is 9.10. The summed E-state index contributed by atoms with van der Waals surface area (Å²) in [6.07, 6.45) is -0.219. The molecule has 0 atom stereocenters. The van der Waals surface area contributed by atoms with Gasteiger partial charge in [0, 0.05) is 4.47 Å². The number of nitrogens with one attached hydrogen (secondary N) is 1. The SMILES string of the molecule is Cc1cc(F)cc(Br)c1NC(=O)CC#N. The van der Waals surface area contributed by atoms with Crippen LogP contribution in [0.15, 0.2) is 16.6 Å². The van der Waals surface area contributed by atoms with Crippen LogP contribution in [0.1, 0.15) is 12.0 Å². The van der Waals surface area contributed by atoms with E-state index in [2.05, 4.69) is 21.2 Å². The summed E-state index contributed by atoms with van der Waals surface area (Å²) in [5.41, 5.74) is 1.10. The Morgan fingerprint density at radius 3 is 2.87 bits per heavy atom. The average Bonchev–Trinajstić information content (AvgIpc) is 2.11. The second-order valence-electron chi connectivity index (χ2n) is 2.96. The summed E-state index contributed by atoms with van der Waals surface area (Å²) in [5, 5.41) is 10.8. The zero-order valence-electron chi connectivity index (χ0n) is 7.97. The van der Waals surface area contributed by atoms with Crippen LogP contribution < -0.4 is 5.32 Å². The van der Waals surface area contributed by atoms with E-state index >= 15 is 0 Å². The van der Waals surface area contributed by atoms with Gasteiger partial charge in [0.1, 0.15) is 12.2 Å². The van der Waals surface area contributed by atoms with Gasteiger partial charge in [0.2, 0.25) is 5.91 Å². The Balaban J connectivity index is 2.96. The van der Waals surface area contributed by atoms with E-state index in [-0.39, 0.29) is 12.2 Å². The summed E-state index contributed by atoms with van der Waals surface area (Å²) < 4.78 is 13.4. The summed E-state index contributed by atoms with van der Waals surface area (Å²) in [7, 11) is 0. The van der Waals surface area contributed by atoms with Gasteiger partial charge >= 0.3 is 0 Å². The molecular weight excluding hydrogens is 263 g/mol. The molecule has 0 saturated heterocycles. The minimum absolute atomic E-state index is 0.219. The van der Waals surface area contributed by atoms with E-state index in [1.165, 1.54) is 12.1 Å². The lowest BCUT2D eigenvalue weighted by atomic mass is 10.2. The van der Waals surface area contributed by atoms with Gasteiger partial charge in [-0.1, -0.05) is 0 Å². The standard InChI is InChI=1S/C10H8BrFN2O/c1-6-4-7(12)5-8(11)10(6)14-9(15)2-3-13/h4-5H,2H2,1H3,(H,14,15). The van der Waals surface area contributed by atoms with E-state index in [1.54, 1.807) is 13.0 Å². The van der Waals surface area contributed by atoms with Gasteiger partial charge in [0.25, 0.3) is 0 Å². The fraction of sp³-hybridized carbons (Fsp3) is 0.200. The van der Waals surface area contributed by atoms with Crippen LogP contribution in [0, 0.1) is 24.1 Å². The summed E-state index contributed by atoms with van der Waals surface area (Å²) in [5.74, 6) is -0.787. The molecule has 1 rings (SSSR count). The molecule has 0 aliphatic rings. The predicted molar refractivity (Wildman–Crippen MR) is 57.7 cm³/mol. The second kappa shape index (κ2) is 4.89. The quantitative estimate of drug-likeness (QED) is 0.899. The van der Waals surface area contributed by atoms with Crippen LogP contribution in [0.3, 0.4) is 0 Å². The number of amides is 1. The molecule has 0 radical (unpaired) electrons. The Bertz CT molecular complexity index is 417. The lowest BCUT2D eigenvalue weighted by molar-refractivity contribution is -0.115. The monoisotopic (exact) mass is 270 g/mol. The van der Waals surface area contributed by atoms with E-state index in [0.29, 0.717) is 15.7 Å². The number of nitrogens with zero attached hydrogens (tertiary/aromatic N) is 1. The molecule has 1 aromatic carbocycles. The maximum Gasteiger partial charge on any atom is 0.238 e. The first kappa shape index (κ1) is 11.7. The van der Waals surface area contributed by atoms with Gasteiger partial charge in [0.15, 0.2) is 0 Å². The highest BCUT2D eigenvalue weighted by Crippen LogP contribution is 2.27. The number of hydrogen-bond donors (Lipinski definition) is 1. The normalized spacial score (nSPS) is 9.47. The number of benzene rings is 1. The van der Waals surface area contributed by atoms with Gasteiger partial charge in [-0.2, -0.15) is 5.26 Å². The topological polar surface area (TPSA) is 52.9 Å². The minimum atomic E-state index is -0.409. The van der Waals surface area contributed by atoms with Gasteiger partial charge in [-0.05, 0) is 40.5 Å². The third kappa shape index (κ3) is 3.03. The van der Waals surface area contributed by atoms with E-state index in [4.69, 9.17) is 5.26 Å². The van der Waals surface area contributed by atoms with Crippen molar-refractivity contribution in [2.45, 2.75) is 13.3 Å². The zero-order chi connectivity index (χ0) is 11.4. The molecule has 0 spiro atoms. The second-order valence-corrected chi connectivity index (χ2v) is 3.82. The van der Waals surface area contributed by atoms with Crippen LogP contribution >= 0.6 is 15.9 Å². The molecule has 0 saturated carbocycles. The number of aryl methyl sites for hydroxylation is 1. The van der Waals surface area contributed by atoms with E-state index in [1.807, 2.05) is 0 Å². The Labute approximate surface area is 95.0 Å². The number of anilines is 1. The van der Waals surface area contributed by atoms with Gasteiger partial charge < -0.3 is 5.32 Å². The molecule has 3 nitrogen and oxygen atoms in total. The average molecular weight is 271 g/mol. The van der Waals surface area contributed by atoms with Crippen molar-refractivity contribution in [1.29, 1.82) is 5.26 Å². The van der Waals surface area contributed by atoms with Crippen LogP contribution in [0.4, 0.5) is 10.1 Å². The van der Waals surface area contributed by atoms with Crippen molar-refractivity contribution < 1.29 is 9.18 Å². The highest BCUT2D eigenvalue weighted by Gasteiger charge is 2.09. The third-order valence-electron chi connectivity index (χ3n) is 1.76. The molecule has 0 heterocycles. The lowest BCUT2D eigenvalue weighted by Crippen LogP contribution is -2.11. The molecule has 0 unspecified atom stereocenters. The van der Waals surface area contributed by atoms with Crippen molar-refractivity contribution in [3.63, 3.8) is 0 Å². The molecule has 78 valence electrons. The minimum Gasteiger partial charge on any atom is -0.324 e. The highest BCUT2D eigenvalue weighted by atomic mass is 79.9. The van der Waals surface area contributed by atoms with E-state index < -0.39 is 5.91 Å². The van der Waals surface area contributed by atoms with Crippen molar-refractivity contribution in [2.75, 3.05) is 5.32 Å². The molecule has 0 bridgehead atoms. The molecule has 0 fully saturated rings. The van der Waals surface area contributed by atoms with E-state index in [0.717, 1.165) is 0 Å². The molecule has 1 N–H and O–H groups in total. The molecule has 1 aromatic rings. The maximum atomic E-state index is 12.9. The van der Waals surface area contributed by atoms with Crippen LogP contribution in [-0.4, -0.2) is 5.91 Å². The fourth-order valence-corrected chi connectivity index (χ4v) is 1.75.